The molecular weight excluding hydrogens is 188 g/mol. The smallest absolute Gasteiger partial charge is 0.0443 e. The van der Waals surface area contributed by atoms with Crippen molar-refractivity contribution in [2.24, 2.45) is 5.92 Å². The maximum absolute atomic E-state index is 8.79. The highest BCUT2D eigenvalue weighted by Gasteiger charge is 2.24. The van der Waals surface area contributed by atoms with Crippen LogP contribution < -0.4 is 0 Å². The van der Waals surface area contributed by atoms with E-state index in [4.69, 9.17) is 5.11 Å². The molecular formula is C12H24N2O. The summed E-state index contributed by atoms with van der Waals surface area (Å²) in [7, 11) is 0. The first-order chi connectivity index (χ1) is 7.38. The van der Waals surface area contributed by atoms with Gasteiger partial charge in [-0.05, 0) is 51.2 Å². The lowest BCUT2D eigenvalue weighted by atomic mass is 10.1. The van der Waals surface area contributed by atoms with Gasteiger partial charge in [0.15, 0.2) is 0 Å². The molecule has 0 radical (unpaired) electrons. The first-order valence-electron chi connectivity index (χ1n) is 6.44. The van der Waals surface area contributed by atoms with Crippen LogP contribution in [0.15, 0.2) is 0 Å². The Morgan fingerprint density at radius 2 is 1.87 bits per heavy atom. The molecule has 2 aliphatic rings. The summed E-state index contributed by atoms with van der Waals surface area (Å²) in [5, 5.41) is 8.79. The Hall–Kier alpha value is -0.120. The average Bonchev–Trinajstić information content (AvgIpc) is 2.87. The van der Waals surface area contributed by atoms with E-state index >= 15 is 0 Å². The molecule has 0 aromatic rings. The molecule has 3 heteroatoms. The molecule has 0 bridgehead atoms. The highest BCUT2D eigenvalue weighted by atomic mass is 16.3. The van der Waals surface area contributed by atoms with Crippen molar-refractivity contribution in [3.05, 3.63) is 0 Å². The normalized spacial score (nSPS) is 29.0. The van der Waals surface area contributed by atoms with Gasteiger partial charge in [0.05, 0.1) is 0 Å². The molecule has 0 aromatic carbocycles. The lowest BCUT2D eigenvalue weighted by molar-refractivity contribution is 0.234. The van der Waals surface area contributed by atoms with Gasteiger partial charge >= 0.3 is 0 Å². The Morgan fingerprint density at radius 1 is 1.07 bits per heavy atom. The third-order valence-corrected chi connectivity index (χ3v) is 3.72. The van der Waals surface area contributed by atoms with Crippen molar-refractivity contribution in [2.75, 3.05) is 45.9 Å². The van der Waals surface area contributed by atoms with Crippen molar-refractivity contribution < 1.29 is 5.11 Å². The largest absolute Gasteiger partial charge is 0.396 e. The zero-order valence-corrected chi connectivity index (χ0v) is 9.70. The van der Waals surface area contributed by atoms with E-state index < -0.39 is 0 Å². The minimum atomic E-state index is 0.341. The van der Waals surface area contributed by atoms with Crippen LogP contribution in [0.4, 0.5) is 0 Å². The van der Waals surface area contributed by atoms with Gasteiger partial charge in [-0.2, -0.15) is 0 Å². The zero-order valence-electron chi connectivity index (χ0n) is 9.70. The molecule has 2 fully saturated rings. The molecule has 0 amide bonds. The van der Waals surface area contributed by atoms with Crippen LogP contribution >= 0.6 is 0 Å². The number of nitrogens with zero attached hydrogens (tertiary/aromatic N) is 2. The molecule has 2 aliphatic heterocycles. The fourth-order valence-electron chi connectivity index (χ4n) is 2.89. The van der Waals surface area contributed by atoms with Gasteiger partial charge in [-0.3, -0.25) is 0 Å². The number of rotatable bonds is 5. The molecule has 1 atom stereocenters. The van der Waals surface area contributed by atoms with Gasteiger partial charge in [0, 0.05) is 26.2 Å². The van der Waals surface area contributed by atoms with Gasteiger partial charge in [0.1, 0.15) is 0 Å². The van der Waals surface area contributed by atoms with Crippen LogP contribution in [0.3, 0.4) is 0 Å². The molecule has 2 heterocycles. The Morgan fingerprint density at radius 3 is 2.60 bits per heavy atom. The summed E-state index contributed by atoms with van der Waals surface area (Å²) in [5.74, 6) is 0.891. The molecule has 15 heavy (non-hydrogen) atoms. The lowest BCUT2D eigenvalue weighted by Crippen LogP contribution is -2.29. The van der Waals surface area contributed by atoms with E-state index in [1.54, 1.807) is 0 Å². The summed E-state index contributed by atoms with van der Waals surface area (Å²) in [6.07, 6.45) is 5.11. The van der Waals surface area contributed by atoms with Crippen LogP contribution in [-0.4, -0.2) is 60.8 Å². The van der Waals surface area contributed by atoms with Gasteiger partial charge < -0.3 is 14.9 Å². The Labute approximate surface area is 93.1 Å². The Bertz CT molecular complexity index is 180. The van der Waals surface area contributed by atoms with Gasteiger partial charge in [-0.25, -0.2) is 0 Å². The van der Waals surface area contributed by atoms with E-state index in [0.717, 1.165) is 18.9 Å². The number of hydrogen-bond donors (Lipinski definition) is 1. The van der Waals surface area contributed by atoms with Gasteiger partial charge in [-0.1, -0.05) is 0 Å². The average molecular weight is 212 g/mol. The molecule has 0 saturated carbocycles. The molecule has 2 saturated heterocycles. The summed E-state index contributed by atoms with van der Waals surface area (Å²) in [6.45, 7) is 7.91. The molecule has 3 nitrogen and oxygen atoms in total. The SMILES string of the molecule is OCCCN1CCC(CN2CCCC2)C1. The predicted octanol–water partition coefficient (Wildman–Crippen LogP) is 0.786. The Balaban J connectivity index is 1.63. The standard InChI is InChI=1S/C12H24N2O/c15-9-3-7-14-8-4-12(11-14)10-13-5-1-2-6-13/h12,15H,1-11H2. The van der Waals surface area contributed by atoms with E-state index in [1.165, 1.54) is 52.0 Å². The summed E-state index contributed by atoms with van der Waals surface area (Å²) in [4.78, 5) is 5.14. The molecule has 0 aliphatic carbocycles. The Kier molecular flexibility index (Phi) is 4.42. The first-order valence-corrected chi connectivity index (χ1v) is 6.44. The summed E-state index contributed by atoms with van der Waals surface area (Å²) < 4.78 is 0. The third kappa shape index (κ3) is 3.44. The fourth-order valence-corrected chi connectivity index (χ4v) is 2.89. The molecule has 0 spiro atoms. The molecule has 1 N–H and O–H groups in total. The number of aliphatic hydroxyl groups is 1. The second kappa shape index (κ2) is 5.83. The molecule has 88 valence electrons. The van der Waals surface area contributed by atoms with E-state index in [1.807, 2.05) is 0 Å². The van der Waals surface area contributed by atoms with Crippen molar-refractivity contribution in [2.45, 2.75) is 25.7 Å². The van der Waals surface area contributed by atoms with Crippen molar-refractivity contribution >= 4 is 0 Å². The van der Waals surface area contributed by atoms with Crippen molar-refractivity contribution in [3.8, 4) is 0 Å². The maximum Gasteiger partial charge on any atom is 0.0443 e. The van der Waals surface area contributed by atoms with E-state index in [-0.39, 0.29) is 0 Å². The van der Waals surface area contributed by atoms with Gasteiger partial charge in [-0.15, -0.1) is 0 Å². The lowest BCUT2D eigenvalue weighted by Gasteiger charge is -2.20. The summed E-state index contributed by atoms with van der Waals surface area (Å²) in [6, 6.07) is 0. The quantitative estimate of drug-likeness (QED) is 0.730. The van der Waals surface area contributed by atoms with Crippen LogP contribution in [0.25, 0.3) is 0 Å². The number of hydrogen-bond acceptors (Lipinski definition) is 3. The predicted molar refractivity (Wildman–Crippen MR) is 61.9 cm³/mol. The van der Waals surface area contributed by atoms with Crippen molar-refractivity contribution in [3.63, 3.8) is 0 Å². The minimum Gasteiger partial charge on any atom is -0.396 e. The third-order valence-electron chi connectivity index (χ3n) is 3.72. The maximum atomic E-state index is 8.79. The number of likely N-dealkylation sites (tertiary alicyclic amines) is 2. The summed E-state index contributed by atoms with van der Waals surface area (Å²) in [5.41, 5.74) is 0. The number of aliphatic hydroxyl groups excluding tert-OH is 1. The first kappa shape index (κ1) is 11.4. The van der Waals surface area contributed by atoms with Crippen molar-refractivity contribution in [1.29, 1.82) is 0 Å². The van der Waals surface area contributed by atoms with E-state index in [2.05, 4.69) is 9.80 Å². The van der Waals surface area contributed by atoms with Crippen LogP contribution in [0.2, 0.25) is 0 Å². The highest BCUT2D eigenvalue weighted by Crippen LogP contribution is 2.19. The van der Waals surface area contributed by atoms with Crippen LogP contribution in [0.1, 0.15) is 25.7 Å². The van der Waals surface area contributed by atoms with Crippen LogP contribution in [0, 0.1) is 5.92 Å². The molecule has 1 unspecified atom stereocenters. The van der Waals surface area contributed by atoms with Gasteiger partial charge in [0.2, 0.25) is 0 Å². The zero-order chi connectivity index (χ0) is 10.5. The second-order valence-electron chi connectivity index (χ2n) is 5.04. The van der Waals surface area contributed by atoms with Crippen molar-refractivity contribution in [1.82, 2.24) is 9.80 Å². The minimum absolute atomic E-state index is 0.341. The summed E-state index contributed by atoms with van der Waals surface area (Å²) >= 11 is 0. The van der Waals surface area contributed by atoms with Gasteiger partial charge in [0.25, 0.3) is 0 Å². The highest BCUT2D eigenvalue weighted by molar-refractivity contribution is 4.79. The fraction of sp³-hybridized carbons (Fsp3) is 1.00. The second-order valence-corrected chi connectivity index (χ2v) is 5.04. The topological polar surface area (TPSA) is 26.7 Å². The monoisotopic (exact) mass is 212 g/mol. The van der Waals surface area contributed by atoms with E-state index in [0.29, 0.717) is 6.61 Å². The van der Waals surface area contributed by atoms with Crippen LogP contribution in [0.5, 0.6) is 0 Å². The van der Waals surface area contributed by atoms with E-state index in [9.17, 15) is 0 Å². The molecule has 2 rings (SSSR count). The van der Waals surface area contributed by atoms with Crippen LogP contribution in [-0.2, 0) is 0 Å². The molecule has 0 aromatic heterocycles.